The number of ether oxygens (including phenoxy) is 1. The largest absolute Gasteiger partial charge is 1.00 e. The summed E-state index contributed by atoms with van der Waals surface area (Å²) in [6.07, 6.45) is 2.20. The minimum absolute atomic E-state index is 0. The molecule has 2 radical (unpaired) electrons. The second kappa shape index (κ2) is 11.7. The van der Waals surface area contributed by atoms with E-state index in [0.29, 0.717) is 0 Å². The Morgan fingerprint density at radius 2 is 1.22 bits per heavy atom. The van der Waals surface area contributed by atoms with Gasteiger partial charge in [0.25, 0.3) is 8.32 Å². The van der Waals surface area contributed by atoms with Gasteiger partial charge < -0.3 is 21.6 Å². The van der Waals surface area contributed by atoms with E-state index in [2.05, 4.69) is 94.8 Å². The van der Waals surface area contributed by atoms with Crippen LogP contribution in [0.2, 0.25) is 5.04 Å². The first-order valence-corrected chi connectivity index (χ1v) is 10.9. The SMILES string of the molecule is CO[C@H](C)[CH][C@H](C)O[Si](c1ccccc1)(c1ccccc1)C(C)(C)C.[Cl-].[Hg+]. The fraction of sp³-hybridized carbons (Fsp3) is 0.409. The monoisotopic (exact) mass is 592 g/mol. The zero-order valence-electron chi connectivity index (χ0n) is 17.4. The summed E-state index contributed by atoms with van der Waals surface area (Å²) in [6, 6.07) is 21.5. The molecule has 0 N–H and O–H groups in total. The quantitative estimate of drug-likeness (QED) is 0.451. The predicted molar refractivity (Wildman–Crippen MR) is 109 cm³/mol. The van der Waals surface area contributed by atoms with Crippen LogP contribution < -0.4 is 22.8 Å². The maximum Gasteiger partial charge on any atom is 1.00 e. The van der Waals surface area contributed by atoms with Crippen molar-refractivity contribution >= 4 is 18.7 Å². The molecule has 5 heteroatoms. The molecule has 0 unspecified atom stereocenters. The Balaban J connectivity index is 0.00000338. The number of hydrogen-bond donors (Lipinski definition) is 0. The topological polar surface area (TPSA) is 18.5 Å². The molecular formula is C22H31ClHgO2Si. The average molecular weight is 592 g/mol. The maximum absolute atomic E-state index is 6.95. The van der Waals surface area contributed by atoms with Crippen molar-refractivity contribution in [1.82, 2.24) is 0 Å². The van der Waals surface area contributed by atoms with E-state index in [0.717, 1.165) is 0 Å². The third kappa shape index (κ3) is 6.40. The van der Waals surface area contributed by atoms with Gasteiger partial charge in [0.15, 0.2) is 0 Å². The molecule has 0 saturated heterocycles. The van der Waals surface area contributed by atoms with Gasteiger partial charge in [0.05, 0.1) is 6.10 Å². The van der Waals surface area contributed by atoms with Crippen LogP contribution in [-0.2, 0) is 36.8 Å². The summed E-state index contributed by atoms with van der Waals surface area (Å²) in [7, 11) is -0.746. The molecule has 144 valence electrons. The molecule has 2 nitrogen and oxygen atoms in total. The van der Waals surface area contributed by atoms with Crippen LogP contribution in [0.4, 0.5) is 0 Å². The first-order valence-electron chi connectivity index (χ1n) is 8.98. The van der Waals surface area contributed by atoms with Crippen molar-refractivity contribution in [3.05, 3.63) is 67.1 Å². The second-order valence-corrected chi connectivity index (χ2v) is 11.9. The molecule has 0 aliphatic heterocycles. The van der Waals surface area contributed by atoms with E-state index in [-0.39, 0.29) is 57.3 Å². The molecule has 2 rings (SSSR count). The summed E-state index contributed by atoms with van der Waals surface area (Å²) in [5.41, 5.74) is 0. The van der Waals surface area contributed by atoms with Gasteiger partial charge in [-0.05, 0) is 29.3 Å². The van der Waals surface area contributed by atoms with Crippen LogP contribution in [0.3, 0.4) is 0 Å². The van der Waals surface area contributed by atoms with Gasteiger partial charge in [-0.2, -0.15) is 0 Å². The smallest absolute Gasteiger partial charge is 1.00 e. The Hall–Kier alpha value is -0.198. The Morgan fingerprint density at radius 3 is 1.56 bits per heavy atom. The molecule has 0 amide bonds. The molecule has 0 spiro atoms. The van der Waals surface area contributed by atoms with Gasteiger partial charge in [0, 0.05) is 19.6 Å². The Labute approximate surface area is 193 Å². The van der Waals surface area contributed by atoms with Crippen molar-refractivity contribution < 1.29 is 49.2 Å². The van der Waals surface area contributed by atoms with Crippen LogP contribution in [0.1, 0.15) is 34.6 Å². The van der Waals surface area contributed by atoms with E-state index in [1.54, 1.807) is 7.11 Å². The fourth-order valence-electron chi connectivity index (χ4n) is 3.47. The molecular weight excluding hydrogens is 560 g/mol. The summed E-state index contributed by atoms with van der Waals surface area (Å²) in [4.78, 5) is 0. The molecule has 0 aromatic heterocycles. The third-order valence-electron chi connectivity index (χ3n) is 4.69. The standard InChI is InChI=1S/C22H31O2Si.ClH.Hg/c1-18(23-6)17-19(2)24-25(22(3,4)5,20-13-9-7-10-14-20)21-15-11-8-12-16-21;;/h7-19H,1-6H3;1H;/q;;+1/p-1/t18-,19+;;/m1../s1. The minimum Gasteiger partial charge on any atom is -1.00 e. The van der Waals surface area contributed by atoms with Crippen LogP contribution in [0.25, 0.3) is 0 Å². The predicted octanol–water partition coefficient (Wildman–Crippen LogP) is 1.19. The van der Waals surface area contributed by atoms with Crippen LogP contribution in [0, 0.1) is 6.42 Å². The van der Waals surface area contributed by atoms with E-state index < -0.39 is 8.32 Å². The summed E-state index contributed by atoms with van der Waals surface area (Å²) in [5, 5.41) is 2.60. The van der Waals surface area contributed by atoms with Gasteiger partial charge in [-0.15, -0.1) is 0 Å². The molecule has 2 aromatic carbocycles. The molecule has 0 bridgehead atoms. The van der Waals surface area contributed by atoms with Crippen LogP contribution in [0.15, 0.2) is 60.7 Å². The molecule has 27 heavy (non-hydrogen) atoms. The number of rotatable bonds is 7. The normalized spacial score (nSPS) is 13.9. The molecule has 0 saturated carbocycles. The zero-order chi connectivity index (χ0) is 18.5. The zero-order valence-corrected chi connectivity index (χ0v) is 24.7. The molecule has 0 heterocycles. The molecule has 0 aliphatic rings. The Morgan fingerprint density at radius 1 is 0.815 bits per heavy atom. The van der Waals surface area contributed by atoms with Gasteiger partial charge in [0.1, 0.15) is 0 Å². The Bertz CT molecular complexity index is 607. The first-order chi connectivity index (χ1) is 11.8. The van der Waals surface area contributed by atoms with Crippen LogP contribution in [-0.4, -0.2) is 27.6 Å². The number of benzene rings is 2. The molecule has 0 aliphatic carbocycles. The van der Waals surface area contributed by atoms with E-state index in [1.165, 1.54) is 10.4 Å². The summed E-state index contributed by atoms with van der Waals surface area (Å²) in [5.74, 6) is 0. The van der Waals surface area contributed by atoms with Crippen LogP contribution in [0.5, 0.6) is 0 Å². The third-order valence-corrected chi connectivity index (χ3v) is 9.82. The average Bonchev–Trinajstić information content (AvgIpc) is 2.60. The van der Waals surface area contributed by atoms with E-state index in [4.69, 9.17) is 9.16 Å². The number of halogens is 1. The maximum atomic E-state index is 6.95. The summed E-state index contributed by atoms with van der Waals surface area (Å²) in [6.45, 7) is 11.1. The van der Waals surface area contributed by atoms with Crippen molar-refractivity contribution in [3.63, 3.8) is 0 Å². The summed E-state index contributed by atoms with van der Waals surface area (Å²) < 4.78 is 12.4. The van der Waals surface area contributed by atoms with Gasteiger partial charge >= 0.3 is 27.7 Å². The van der Waals surface area contributed by atoms with Crippen molar-refractivity contribution in [3.8, 4) is 0 Å². The minimum atomic E-state index is -2.48. The van der Waals surface area contributed by atoms with E-state index in [9.17, 15) is 0 Å². The van der Waals surface area contributed by atoms with Crippen molar-refractivity contribution in [1.29, 1.82) is 0 Å². The molecule has 2 aromatic rings. The van der Waals surface area contributed by atoms with Gasteiger partial charge in [-0.25, -0.2) is 0 Å². The van der Waals surface area contributed by atoms with Gasteiger partial charge in [0.2, 0.25) is 0 Å². The van der Waals surface area contributed by atoms with Crippen molar-refractivity contribution in [2.75, 3.05) is 7.11 Å². The second-order valence-electron chi connectivity index (χ2n) is 7.62. The molecule has 2 atom stereocenters. The molecule has 0 fully saturated rings. The van der Waals surface area contributed by atoms with Crippen LogP contribution >= 0.6 is 0 Å². The first kappa shape index (κ1) is 26.8. The van der Waals surface area contributed by atoms with Crippen molar-refractivity contribution in [2.45, 2.75) is 51.9 Å². The summed E-state index contributed by atoms with van der Waals surface area (Å²) >= 11 is 0. The van der Waals surface area contributed by atoms with E-state index in [1.807, 2.05) is 6.92 Å². The van der Waals surface area contributed by atoms with Gasteiger partial charge in [-0.3, -0.25) is 0 Å². The van der Waals surface area contributed by atoms with E-state index >= 15 is 0 Å². The number of methoxy groups -OCH3 is 1. The van der Waals surface area contributed by atoms with Crippen molar-refractivity contribution in [2.24, 2.45) is 0 Å². The van der Waals surface area contributed by atoms with Gasteiger partial charge in [-0.1, -0.05) is 81.4 Å². The Kier molecular flexibility index (Phi) is 11.6. The number of hydrogen-bond acceptors (Lipinski definition) is 2. The fourth-order valence-corrected chi connectivity index (χ4v) is 8.12.